The molecule has 1 aromatic heterocycles. The summed E-state index contributed by atoms with van der Waals surface area (Å²) in [5.74, 6) is 1.05. The van der Waals surface area contributed by atoms with Crippen LogP contribution in [-0.4, -0.2) is 5.84 Å². The summed E-state index contributed by atoms with van der Waals surface area (Å²) >= 11 is 6.41. The number of nitrogens with zero attached hydrogens (tertiary/aromatic N) is 1. The number of anilines is 1. The van der Waals surface area contributed by atoms with Gasteiger partial charge in [-0.3, -0.25) is 5.32 Å². The number of allylic oxidation sites excluding steroid dienone is 1. The van der Waals surface area contributed by atoms with Gasteiger partial charge in [0.25, 0.3) is 0 Å². The molecule has 0 aliphatic carbocycles. The van der Waals surface area contributed by atoms with E-state index in [4.69, 9.17) is 26.7 Å². The zero-order valence-corrected chi connectivity index (χ0v) is 20.5. The van der Waals surface area contributed by atoms with E-state index in [9.17, 15) is 0 Å². The maximum absolute atomic E-state index is 6.41. The second-order valence-corrected chi connectivity index (χ2v) is 9.21. The maximum Gasteiger partial charge on any atom is 0.199 e. The number of para-hydroxylation sites is 1. The molecule has 0 spiro atoms. The van der Waals surface area contributed by atoms with Crippen molar-refractivity contribution < 1.29 is 4.42 Å². The first-order chi connectivity index (χ1) is 17.6. The number of amidine groups is 1. The molecule has 178 valence electrons. The number of fused-ring (bicyclic) bond motifs is 2. The molecule has 1 aliphatic rings. The lowest BCUT2D eigenvalue weighted by Gasteiger charge is -2.33. The van der Waals surface area contributed by atoms with Crippen LogP contribution in [0.15, 0.2) is 106 Å². The summed E-state index contributed by atoms with van der Waals surface area (Å²) in [6, 6.07) is 30.8. The third-order valence-electron chi connectivity index (χ3n) is 6.59. The van der Waals surface area contributed by atoms with Gasteiger partial charge in [0.05, 0.1) is 10.6 Å². The molecule has 4 N–H and O–H groups in total. The van der Waals surface area contributed by atoms with Crippen LogP contribution in [-0.2, 0) is 0 Å². The predicted molar refractivity (Wildman–Crippen MR) is 149 cm³/mol. The molecule has 0 amide bonds. The average Bonchev–Trinajstić information content (AvgIpc) is 3.26. The van der Waals surface area contributed by atoms with Gasteiger partial charge in [0.2, 0.25) is 0 Å². The number of benzene rings is 4. The van der Waals surface area contributed by atoms with Gasteiger partial charge >= 0.3 is 0 Å². The summed E-state index contributed by atoms with van der Waals surface area (Å²) < 4.78 is 5.88. The first-order valence-electron chi connectivity index (χ1n) is 11.9. The summed E-state index contributed by atoms with van der Waals surface area (Å²) in [5.41, 5.74) is 10.8. The molecule has 6 heteroatoms. The van der Waals surface area contributed by atoms with Crippen LogP contribution in [0.3, 0.4) is 0 Å². The van der Waals surface area contributed by atoms with Crippen LogP contribution in [0.2, 0.25) is 5.02 Å². The molecule has 5 nitrogen and oxygen atoms in total. The molecular weight excluding hydrogens is 468 g/mol. The van der Waals surface area contributed by atoms with Crippen molar-refractivity contribution in [2.75, 3.05) is 5.73 Å². The van der Waals surface area contributed by atoms with Gasteiger partial charge < -0.3 is 15.5 Å². The molecule has 0 saturated carbocycles. The summed E-state index contributed by atoms with van der Waals surface area (Å²) in [6.07, 6.45) is 1.58. The van der Waals surface area contributed by atoms with Crippen LogP contribution in [0.25, 0.3) is 27.3 Å². The Bertz CT molecular complexity index is 1640. The van der Waals surface area contributed by atoms with Crippen molar-refractivity contribution in [1.82, 2.24) is 10.6 Å². The van der Waals surface area contributed by atoms with Crippen molar-refractivity contribution in [3.63, 3.8) is 0 Å². The van der Waals surface area contributed by atoms with E-state index in [1.807, 2.05) is 43.3 Å². The highest BCUT2D eigenvalue weighted by Crippen LogP contribution is 2.38. The van der Waals surface area contributed by atoms with E-state index in [0.29, 0.717) is 16.5 Å². The fraction of sp³-hybridized carbons (Fsp3) is 0.100. The van der Waals surface area contributed by atoms with Crippen LogP contribution >= 0.6 is 11.6 Å². The van der Waals surface area contributed by atoms with Crippen molar-refractivity contribution in [2.24, 2.45) is 4.99 Å². The quantitative estimate of drug-likeness (QED) is 0.247. The van der Waals surface area contributed by atoms with Crippen molar-refractivity contribution in [3.05, 3.63) is 119 Å². The first kappa shape index (κ1) is 22.4. The van der Waals surface area contributed by atoms with E-state index in [2.05, 4.69) is 65.2 Å². The zero-order valence-electron chi connectivity index (χ0n) is 19.7. The van der Waals surface area contributed by atoms with Crippen LogP contribution in [0.4, 0.5) is 5.88 Å². The summed E-state index contributed by atoms with van der Waals surface area (Å²) in [4.78, 5) is 5.08. The van der Waals surface area contributed by atoms with Gasteiger partial charge in [-0.25, -0.2) is 4.99 Å². The van der Waals surface area contributed by atoms with Gasteiger partial charge in [0.15, 0.2) is 11.5 Å². The second-order valence-electron chi connectivity index (χ2n) is 8.80. The van der Waals surface area contributed by atoms with E-state index in [0.717, 1.165) is 33.5 Å². The average molecular weight is 493 g/mol. The van der Waals surface area contributed by atoms with Gasteiger partial charge in [0, 0.05) is 11.0 Å². The number of halogens is 1. The minimum atomic E-state index is -0.253. The normalized spacial score (nSPS) is 18.3. The number of rotatable bonds is 4. The number of aliphatic imine (C=N–C) groups is 1. The van der Waals surface area contributed by atoms with Crippen LogP contribution in [0.5, 0.6) is 0 Å². The minimum absolute atomic E-state index is 0.176. The van der Waals surface area contributed by atoms with E-state index in [1.54, 1.807) is 6.07 Å². The highest BCUT2D eigenvalue weighted by Gasteiger charge is 2.29. The summed E-state index contributed by atoms with van der Waals surface area (Å²) in [5, 5.41) is 11.1. The Morgan fingerprint density at radius 1 is 0.917 bits per heavy atom. The number of hydrogen-bond acceptors (Lipinski definition) is 5. The molecular formula is C30H25ClN4O. The van der Waals surface area contributed by atoms with Crippen molar-refractivity contribution in [1.29, 1.82) is 0 Å². The zero-order chi connectivity index (χ0) is 24.6. The van der Waals surface area contributed by atoms with Crippen LogP contribution in [0, 0.1) is 0 Å². The standard InChI is InChI=1S/C30H25ClN4O/c1-2-22(25-23-13-8-14-24(31)26(23)36-27(25)32)30-34-28(19-10-4-3-5-11-19)33-29(35-30)21-16-15-18-9-6-7-12-20(18)17-21/h2-17,28-29,33H,32H2,1H3,(H,34,35)/b22-2+. The van der Waals surface area contributed by atoms with E-state index in [-0.39, 0.29) is 12.3 Å². The minimum Gasteiger partial charge on any atom is -0.439 e. The molecule has 2 unspecified atom stereocenters. The number of nitrogens with one attached hydrogen (secondary N) is 2. The Morgan fingerprint density at radius 3 is 2.50 bits per heavy atom. The second kappa shape index (κ2) is 9.19. The van der Waals surface area contributed by atoms with Gasteiger partial charge in [0.1, 0.15) is 18.2 Å². The molecule has 2 atom stereocenters. The van der Waals surface area contributed by atoms with Crippen LogP contribution in [0.1, 0.15) is 35.9 Å². The SMILES string of the molecule is C/C=C(/C1=NC(c2ccccc2)NC(c2ccc3ccccc3c2)N1)c1c(N)oc2c(Cl)cccc12. The molecule has 0 radical (unpaired) electrons. The molecule has 0 saturated heterocycles. The summed E-state index contributed by atoms with van der Waals surface area (Å²) in [6.45, 7) is 1.98. The van der Waals surface area contributed by atoms with Gasteiger partial charge in [-0.05, 0) is 41.0 Å². The highest BCUT2D eigenvalue weighted by molar-refractivity contribution is 6.36. The summed E-state index contributed by atoms with van der Waals surface area (Å²) in [7, 11) is 0. The van der Waals surface area contributed by atoms with Gasteiger partial charge in [-0.15, -0.1) is 0 Å². The Kier molecular flexibility index (Phi) is 5.72. The molecule has 1 aliphatic heterocycles. The number of nitrogens with two attached hydrogens (primary N) is 1. The lowest BCUT2D eigenvalue weighted by molar-refractivity contribution is 0.410. The monoisotopic (exact) mass is 492 g/mol. The topological polar surface area (TPSA) is 75.6 Å². The number of hydrogen-bond donors (Lipinski definition) is 3. The molecule has 36 heavy (non-hydrogen) atoms. The van der Waals surface area contributed by atoms with E-state index in [1.165, 1.54) is 10.8 Å². The smallest absolute Gasteiger partial charge is 0.199 e. The fourth-order valence-corrected chi connectivity index (χ4v) is 5.05. The molecule has 4 aromatic carbocycles. The third kappa shape index (κ3) is 3.92. The predicted octanol–water partition coefficient (Wildman–Crippen LogP) is 7.21. The molecule has 6 rings (SSSR count). The van der Waals surface area contributed by atoms with Crippen LogP contribution < -0.4 is 16.4 Å². The molecule has 2 heterocycles. The molecule has 5 aromatic rings. The first-order valence-corrected chi connectivity index (χ1v) is 12.3. The molecule has 0 fully saturated rings. The van der Waals surface area contributed by atoms with E-state index < -0.39 is 0 Å². The number of furan rings is 1. The maximum atomic E-state index is 6.41. The lowest BCUT2D eigenvalue weighted by atomic mass is 9.99. The van der Waals surface area contributed by atoms with Crippen molar-refractivity contribution in [3.8, 4) is 0 Å². The molecule has 0 bridgehead atoms. The lowest BCUT2D eigenvalue weighted by Crippen LogP contribution is -2.45. The van der Waals surface area contributed by atoms with Gasteiger partial charge in [-0.2, -0.15) is 0 Å². The fourth-order valence-electron chi connectivity index (χ4n) is 4.84. The van der Waals surface area contributed by atoms with Gasteiger partial charge in [-0.1, -0.05) is 96.5 Å². The third-order valence-corrected chi connectivity index (χ3v) is 6.89. The number of nitrogen functional groups attached to an aromatic ring is 1. The Hall–Kier alpha value is -4.06. The van der Waals surface area contributed by atoms with Crippen molar-refractivity contribution in [2.45, 2.75) is 19.3 Å². The Morgan fingerprint density at radius 2 is 1.69 bits per heavy atom. The largest absolute Gasteiger partial charge is 0.439 e. The Balaban J connectivity index is 1.47. The van der Waals surface area contributed by atoms with E-state index >= 15 is 0 Å². The highest BCUT2D eigenvalue weighted by atomic mass is 35.5. The Labute approximate surface area is 214 Å². The van der Waals surface area contributed by atoms with Crippen molar-refractivity contribution >= 4 is 50.6 Å².